The molecule has 0 saturated heterocycles. The van der Waals surface area contributed by atoms with Gasteiger partial charge in [0.15, 0.2) is 0 Å². The lowest BCUT2D eigenvalue weighted by molar-refractivity contribution is -0.142. The number of hydrogen-bond donors (Lipinski definition) is 1. The SMILES string of the molecule is COC(=O)[C@H](Cc1cn(S(=O)(=O)c2c(C)cc(C)cc2C)cn1)NS(=O)(=O)c1c(C)cc(C)cc1C. The summed E-state index contributed by atoms with van der Waals surface area (Å²) < 4.78 is 61.3. The number of benzene rings is 2. The normalized spacial score (nSPS) is 13.0. The molecule has 0 unspecified atom stereocenters. The molecule has 0 fully saturated rings. The van der Waals surface area contributed by atoms with Gasteiger partial charge in [-0.2, -0.15) is 4.72 Å². The highest BCUT2D eigenvalue weighted by Crippen LogP contribution is 2.25. The molecule has 0 amide bonds. The highest BCUT2D eigenvalue weighted by Gasteiger charge is 2.30. The molecule has 2 aromatic carbocycles. The van der Waals surface area contributed by atoms with Crippen molar-refractivity contribution in [2.75, 3.05) is 7.11 Å². The van der Waals surface area contributed by atoms with Crippen LogP contribution in [0.25, 0.3) is 0 Å². The van der Waals surface area contributed by atoms with Crippen LogP contribution in [-0.2, 0) is 36.0 Å². The number of nitrogens with one attached hydrogen (secondary N) is 1. The highest BCUT2D eigenvalue weighted by molar-refractivity contribution is 7.90. The van der Waals surface area contributed by atoms with Gasteiger partial charge in [-0.1, -0.05) is 35.4 Å². The van der Waals surface area contributed by atoms with Crippen molar-refractivity contribution in [2.24, 2.45) is 0 Å². The van der Waals surface area contributed by atoms with E-state index in [9.17, 15) is 21.6 Å². The van der Waals surface area contributed by atoms with Crippen LogP contribution in [0, 0.1) is 41.5 Å². The van der Waals surface area contributed by atoms with Crippen LogP contribution in [-0.4, -0.2) is 44.9 Å². The topological polar surface area (TPSA) is 124 Å². The molecule has 1 atom stereocenters. The number of carbonyl (C=O) groups excluding carboxylic acids is 1. The Balaban J connectivity index is 1.94. The molecule has 0 aliphatic carbocycles. The van der Waals surface area contributed by atoms with Gasteiger partial charge in [0, 0.05) is 12.6 Å². The van der Waals surface area contributed by atoms with E-state index < -0.39 is 32.1 Å². The Kier molecular flexibility index (Phi) is 7.77. The Hall–Kier alpha value is -3.02. The summed E-state index contributed by atoms with van der Waals surface area (Å²) in [6.45, 7) is 10.6. The number of nitrogens with zero attached hydrogens (tertiary/aromatic N) is 2. The van der Waals surface area contributed by atoms with E-state index >= 15 is 0 Å². The maximum atomic E-state index is 13.3. The Morgan fingerprint density at radius 1 is 0.889 bits per heavy atom. The molecule has 1 N–H and O–H groups in total. The Morgan fingerprint density at radius 3 is 1.83 bits per heavy atom. The minimum atomic E-state index is -4.10. The first-order chi connectivity index (χ1) is 16.7. The molecule has 0 bridgehead atoms. The van der Waals surface area contributed by atoms with Crippen LogP contribution in [0.5, 0.6) is 0 Å². The Morgan fingerprint density at radius 2 is 1.36 bits per heavy atom. The van der Waals surface area contributed by atoms with Gasteiger partial charge in [0.1, 0.15) is 12.4 Å². The number of imidazole rings is 1. The minimum absolute atomic E-state index is 0.0837. The van der Waals surface area contributed by atoms with Crippen molar-refractivity contribution in [1.82, 2.24) is 13.7 Å². The van der Waals surface area contributed by atoms with Crippen LogP contribution in [0.4, 0.5) is 0 Å². The fourth-order valence-electron chi connectivity index (χ4n) is 4.62. The second kappa shape index (κ2) is 10.2. The van der Waals surface area contributed by atoms with Crippen LogP contribution >= 0.6 is 0 Å². The molecule has 36 heavy (non-hydrogen) atoms. The molecule has 0 spiro atoms. The molecule has 194 valence electrons. The highest BCUT2D eigenvalue weighted by atomic mass is 32.2. The zero-order chi connectivity index (χ0) is 27.0. The van der Waals surface area contributed by atoms with Gasteiger partial charge >= 0.3 is 5.97 Å². The average molecular weight is 534 g/mol. The first-order valence-corrected chi connectivity index (χ1v) is 14.1. The molecular formula is C25H31N3O6S2. The second-order valence-electron chi connectivity index (χ2n) is 9.06. The summed E-state index contributed by atoms with van der Waals surface area (Å²) >= 11 is 0. The maximum Gasteiger partial charge on any atom is 0.324 e. The zero-order valence-electron chi connectivity index (χ0n) is 21.4. The van der Waals surface area contributed by atoms with Crippen molar-refractivity contribution in [3.8, 4) is 0 Å². The summed E-state index contributed by atoms with van der Waals surface area (Å²) in [6.07, 6.45) is 2.21. The fourth-order valence-corrected chi connectivity index (χ4v) is 7.83. The number of sulfonamides is 1. The van der Waals surface area contributed by atoms with Crippen molar-refractivity contribution >= 4 is 26.0 Å². The van der Waals surface area contributed by atoms with Crippen LogP contribution in [0.15, 0.2) is 46.6 Å². The van der Waals surface area contributed by atoms with Crippen molar-refractivity contribution in [3.63, 3.8) is 0 Å². The van der Waals surface area contributed by atoms with Gasteiger partial charge in [-0.25, -0.2) is 25.8 Å². The summed E-state index contributed by atoms with van der Waals surface area (Å²) in [5, 5.41) is 0. The number of hydrogen-bond acceptors (Lipinski definition) is 7. The van der Waals surface area contributed by atoms with Crippen LogP contribution < -0.4 is 4.72 Å². The molecule has 0 aliphatic rings. The molecular weight excluding hydrogens is 502 g/mol. The lowest BCUT2D eigenvalue weighted by atomic mass is 10.1. The Bertz CT molecular complexity index is 1490. The van der Waals surface area contributed by atoms with E-state index in [1.165, 1.54) is 6.20 Å². The lowest BCUT2D eigenvalue weighted by Crippen LogP contribution is -2.43. The van der Waals surface area contributed by atoms with E-state index in [4.69, 9.17) is 4.74 Å². The van der Waals surface area contributed by atoms with E-state index in [1.54, 1.807) is 52.0 Å². The lowest BCUT2D eigenvalue weighted by Gasteiger charge is -2.18. The van der Waals surface area contributed by atoms with Gasteiger partial charge in [0.2, 0.25) is 10.0 Å². The van der Waals surface area contributed by atoms with E-state index in [-0.39, 0.29) is 21.9 Å². The van der Waals surface area contributed by atoms with Crippen LogP contribution in [0.3, 0.4) is 0 Å². The number of carbonyl (C=O) groups is 1. The third-order valence-corrected chi connectivity index (χ3v) is 9.51. The molecule has 3 rings (SSSR count). The summed E-state index contributed by atoms with van der Waals surface area (Å²) in [4.78, 5) is 16.9. The van der Waals surface area contributed by atoms with Crippen molar-refractivity contribution < 1.29 is 26.4 Å². The summed E-state index contributed by atoms with van der Waals surface area (Å²) in [6, 6.07) is 5.75. The molecule has 11 heteroatoms. The van der Waals surface area contributed by atoms with Crippen LogP contribution in [0.2, 0.25) is 0 Å². The first kappa shape index (κ1) is 27.6. The van der Waals surface area contributed by atoms with Gasteiger partial charge in [0.25, 0.3) is 10.0 Å². The fraction of sp³-hybridized carbons (Fsp3) is 0.360. The molecule has 1 aromatic heterocycles. The van der Waals surface area contributed by atoms with Crippen LogP contribution in [0.1, 0.15) is 39.1 Å². The molecule has 3 aromatic rings. The average Bonchev–Trinajstić information content (AvgIpc) is 3.20. The number of esters is 1. The summed E-state index contributed by atoms with van der Waals surface area (Å²) in [5.41, 5.74) is 4.36. The molecule has 0 aliphatic heterocycles. The summed E-state index contributed by atoms with van der Waals surface area (Å²) in [7, 11) is -6.90. The monoisotopic (exact) mass is 533 g/mol. The number of ether oxygens (including phenoxy) is 1. The van der Waals surface area contributed by atoms with E-state index in [0.29, 0.717) is 22.3 Å². The number of methoxy groups -OCH3 is 1. The smallest absolute Gasteiger partial charge is 0.324 e. The van der Waals surface area contributed by atoms with Gasteiger partial charge in [0.05, 0.1) is 22.6 Å². The Labute approximate surface area is 212 Å². The van der Waals surface area contributed by atoms with Gasteiger partial charge in [-0.15, -0.1) is 0 Å². The van der Waals surface area contributed by atoms with Crippen molar-refractivity contribution in [2.45, 2.75) is 63.8 Å². The second-order valence-corrected chi connectivity index (χ2v) is 12.5. The predicted octanol–water partition coefficient (Wildman–Crippen LogP) is 3.03. The number of rotatable bonds is 8. The van der Waals surface area contributed by atoms with Gasteiger partial charge in [-0.05, 0) is 63.8 Å². The third kappa shape index (κ3) is 5.53. The van der Waals surface area contributed by atoms with Gasteiger partial charge < -0.3 is 4.74 Å². The van der Waals surface area contributed by atoms with Crippen molar-refractivity contribution in [3.05, 3.63) is 75.9 Å². The largest absolute Gasteiger partial charge is 0.468 e. The van der Waals surface area contributed by atoms with Gasteiger partial charge in [-0.3, -0.25) is 4.79 Å². The maximum absolute atomic E-state index is 13.3. The quantitative estimate of drug-likeness (QED) is 0.441. The third-order valence-electron chi connectivity index (χ3n) is 5.82. The minimum Gasteiger partial charge on any atom is -0.468 e. The molecule has 9 nitrogen and oxygen atoms in total. The summed E-state index contributed by atoms with van der Waals surface area (Å²) in [5.74, 6) is -0.816. The molecule has 0 radical (unpaired) electrons. The molecule has 0 saturated carbocycles. The number of aromatic nitrogens is 2. The molecule has 1 heterocycles. The van der Waals surface area contributed by atoms with Crippen molar-refractivity contribution in [1.29, 1.82) is 0 Å². The first-order valence-electron chi connectivity index (χ1n) is 11.2. The standard InChI is InChI=1S/C25H31N3O6S2/c1-15-8-17(3)23(18(4)9-15)35(30,31)27-22(25(29)34-7)12-21-13-28(14-26-21)36(32,33)24-19(5)10-16(2)11-20(24)6/h8-11,13-14,22,27H,12H2,1-7H3/t22-/m0/s1. The zero-order valence-corrected chi connectivity index (χ0v) is 23.0. The number of aryl methyl sites for hydroxylation is 6. The van der Waals surface area contributed by atoms with E-state index in [0.717, 1.165) is 28.5 Å². The van der Waals surface area contributed by atoms with E-state index in [1.807, 2.05) is 13.8 Å². The predicted molar refractivity (Wildman–Crippen MR) is 136 cm³/mol. The van der Waals surface area contributed by atoms with E-state index in [2.05, 4.69) is 9.71 Å².